The first-order valence-corrected chi connectivity index (χ1v) is 10.1. The molecule has 13 nitrogen and oxygen atoms in total. The highest BCUT2D eigenvalue weighted by Gasteiger charge is 2.32. The van der Waals surface area contributed by atoms with Gasteiger partial charge in [0.05, 0.1) is 17.6 Å². The molecule has 162 valence electrons. The van der Waals surface area contributed by atoms with Crippen LogP contribution in [0.15, 0.2) is 21.7 Å². The Morgan fingerprint density at radius 1 is 1.13 bits per heavy atom. The van der Waals surface area contributed by atoms with Gasteiger partial charge in [0, 0.05) is 0 Å². The van der Waals surface area contributed by atoms with Crippen LogP contribution in [-0.2, 0) is 15.6 Å². The van der Waals surface area contributed by atoms with Crippen molar-refractivity contribution in [3.8, 4) is 11.5 Å². The van der Waals surface area contributed by atoms with Gasteiger partial charge in [0.2, 0.25) is 0 Å². The van der Waals surface area contributed by atoms with E-state index in [1.54, 1.807) is 19.1 Å². The summed E-state index contributed by atoms with van der Waals surface area (Å²) in [7, 11) is -5.14. The van der Waals surface area contributed by atoms with Gasteiger partial charge in [-0.05, 0) is 37.1 Å². The second kappa shape index (κ2) is 7.96. The first-order valence-electron chi connectivity index (χ1n) is 8.57. The molecule has 2 aliphatic rings. The maximum absolute atomic E-state index is 12.2. The second-order valence-corrected chi connectivity index (χ2v) is 7.93. The van der Waals surface area contributed by atoms with E-state index in [1.165, 1.54) is 4.57 Å². The molecular formula is C16H19N4O9P. The fourth-order valence-electron chi connectivity index (χ4n) is 2.92. The van der Waals surface area contributed by atoms with Crippen molar-refractivity contribution in [2.24, 2.45) is 0 Å². The van der Waals surface area contributed by atoms with Gasteiger partial charge >= 0.3 is 13.5 Å². The molecule has 3 rings (SSSR count). The maximum Gasteiger partial charge on any atom is 0.472 e. The summed E-state index contributed by atoms with van der Waals surface area (Å²) in [6.07, 6.45) is -6.37. The van der Waals surface area contributed by atoms with Crippen LogP contribution in [0.5, 0.6) is 0 Å². The van der Waals surface area contributed by atoms with Crippen LogP contribution in [0.4, 0.5) is 0 Å². The van der Waals surface area contributed by atoms with E-state index in [-0.39, 0.29) is 11.5 Å². The zero-order valence-corrected chi connectivity index (χ0v) is 16.6. The largest absolute Gasteiger partial charge is 0.472 e. The summed E-state index contributed by atoms with van der Waals surface area (Å²) in [6, 6.07) is 3.35. The van der Waals surface area contributed by atoms with E-state index >= 15 is 0 Å². The molecule has 0 unspecified atom stereocenters. The van der Waals surface area contributed by atoms with Crippen LogP contribution in [-0.4, -0.2) is 63.1 Å². The van der Waals surface area contributed by atoms with Crippen LogP contribution < -0.4 is 11.2 Å². The molecule has 14 heteroatoms. The van der Waals surface area contributed by atoms with Crippen molar-refractivity contribution in [1.82, 2.24) is 19.5 Å². The van der Waals surface area contributed by atoms with Crippen LogP contribution in [0, 0.1) is 13.8 Å². The number of nitrogens with zero attached hydrogens (tertiary/aromatic N) is 3. The smallest absolute Gasteiger partial charge is 0.388 e. The fourth-order valence-corrected chi connectivity index (χ4v) is 3.33. The maximum atomic E-state index is 12.2. The first kappa shape index (κ1) is 22.2. The molecule has 30 heavy (non-hydrogen) atoms. The number of aryl methyl sites for hydroxylation is 2. The molecule has 0 fully saturated rings. The fraction of sp³-hybridized carbons (Fsp3) is 0.375. The van der Waals surface area contributed by atoms with Crippen LogP contribution in [0.3, 0.4) is 0 Å². The van der Waals surface area contributed by atoms with Gasteiger partial charge in [-0.25, -0.2) is 14.3 Å². The molecule has 6 N–H and O–H groups in total. The summed E-state index contributed by atoms with van der Waals surface area (Å²) in [4.78, 5) is 51.4. The van der Waals surface area contributed by atoms with Gasteiger partial charge in [0.15, 0.2) is 17.8 Å². The summed E-state index contributed by atoms with van der Waals surface area (Å²) in [5.41, 5.74) is 0.426. The Labute approximate surface area is 167 Å². The van der Waals surface area contributed by atoms with E-state index < -0.39 is 44.1 Å². The molecule has 0 aliphatic carbocycles. The number of hydrogen-bond donors (Lipinski definition) is 6. The highest BCUT2D eigenvalue weighted by atomic mass is 31.2. The Morgan fingerprint density at radius 3 is 2.40 bits per heavy atom. The highest BCUT2D eigenvalue weighted by Crippen LogP contribution is 2.38. The zero-order valence-electron chi connectivity index (χ0n) is 15.8. The van der Waals surface area contributed by atoms with Crippen molar-refractivity contribution in [2.45, 2.75) is 38.9 Å². The minimum absolute atomic E-state index is 0.184. The SMILES string of the molecule is Cc1cc2nc3c(=O)[nH]c(=O)nc-3n(C[C@H](O)[C@H](O)[C@H](O)OP(=O)(O)O)c2cc1C. The Kier molecular flexibility index (Phi) is 5.89. The number of nitrogens with one attached hydrogen (secondary N) is 1. The number of phosphoric acid groups is 1. The number of aliphatic hydroxyl groups is 3. The second-order valence-electron chi connectivity index (χ2n) is 6.74. The number of benzene rings is 1. The summed E-state index contributed by atoms with van der Waals surface area (Å²) in [5.74, 6) is -0.184. The van der Waals surface area contributed by atoms with Crippen molar-refractivity contribution >= 4 is 18.9 Å². The summed E-state index contributed by atoms with van der Waals surface area (Å²) < 4.78 is 16.1. The quantitative estimate of drug-likeness (QED) is 0.145. The third-order valence-corrected chi connectivity index (χ3v) is 5.02. The molecule has 0 saturated carbocycles. The zero-order chi connectivity index (χ0) is 22.4. The van der Waals surface area contributed by atoms with Gasteiger partial charge in [0.1, 0.15) is 12.2 Å². The number of rotatable bonds is 6. The van der Waals surface area contributed by atoms with Gasteiger partial charge in [-0.1, -0.05) is 0 Å². The van der Waals surface area contributed by atoms with Gasteiger partial charge in [0.25, 0.3) is 5.56 Å². The van der Waals surface area contributed by atoms with Crippen molar-refractivity contribution in [2.75, 3.05) is 0 Å². The topological polar surface area (TPSA) is 208 Å². The Balaban J connectivity index is 2.15. The molecule has 0 radical (unpaired) electrons. The van der Waals surface area contributed by atoms with Gasteiger partial charge in [-0.15, -0.1) is 0 Å². The molecule has 2 aliphatic heterocycles. The Morgan fingerprint density at radius 2 is 1.77 bits per heavy atom. The van der Waals surface area contributed by atoms with Crippen molar-refractivity contribution < 1.29 is 34.2 Å². The lowest BCUT2D eigenvalue weighted by Gasteiger charge is -2.25. The van der Waals surface area contributed by atoms with E-state index in [1.807, 2.05) is 11.9 Å². The van der Waals surface area contributed by atoms with Gasteiger partial charge < -0.3 is 29.7 Å². The number of aromatic amines is 1. The lowest BCUT2D eigenvalue weighted by atomic mass is 10.1. The van der Waals surface area contributed by atoms with Crippen molar-refractivity contribution in [3.63, 3.8) is 0 Å². The first-order chi connectivity index (χ1) is 13.9. The lowest BCUT2D eigenvalue weighted by molar-refractivity contribution is -0.152. The number of H-pyrrole nitrogens is 1. The molecule has 0 amide bonds. The van der Waals surface area contributed by atoms with Crippen molar-refractivity contribution in [1.29, 1.82) is 0 Å². The van der Waals surface area contributed by atoms with Gasteiger partial charge in [-0.3, -0.25) is 14.3 Å². The van der Waals surface area contributed by atoms with E-state index in [4.69, 9.17) is 9.79 Å². The van der Waals surface area contributed by atoms with E-state index in [9.17, 15) is 29.5 Å². The summed E-state index contributed by atoms with van der Waals surface area (Å²) in [6.45, 7) is 3.11. The molecule has 2 heterocycles. The third kappa shape index (κ3) is 4.47. The standard InChI is InChI=1S/C16H19N4O9P/c1-6-3-8-9(4-7(6)2)20(13-11(17-8)14(23)19-16(25)18-13)5-10(21)12(22)15(24)29-30(26,27)28/h3-4,10,12,15,21-22,24H,5H2,1-2H3,(H,19,23,25)(H2,26,27,28)/t10-,12-,15+/m0/s1. The van der Waals surface area contributed by atoms with Crippen LogP contribution >= 0.6 is 7.82 Å². The van der Waals surface area contributed by atoms with Gasteiger partial charge in [-0.2, -0.15) is 4.98 Å². The average Bonchev–Trinajstić information content (AvgIpc) is 2.61. The normalized spacial score (nSPS) is 15.4. The number of aromatic nitrogens is 4. The Bertz CT molecular complexity index is 1230. The average molecular weight is 442 g/mol. The molecule has 0 spiro atoms. The molecule has 3 atom stereocenters. The lowest BCUT2D eigenvalue weighted by Crippen LogP contribution is -2.41. The number of hydrogen-bond acceptors (Lipinski definition) is 9. The van der Waals surface area contributed by atoms with Crippen LogP contribution in [0.1, 0.15) is 11.1 Å². The molecule has 0 saturated heterocycles. The minimum atomic E-state index is -5.14. The monoisotopic (exact) mass is 442 g/mol. The van der Waals surface area contributed by atoms with Crippen molar-refractivity contribution in [3.05, 3.63) is 44.1 Å². The molecular weight excluding hydrogens is 423 g/mol. The number of fused-ring (bicyclic) bond motifs is 2. The number of phosphoric ester groups is 1. The van der Waals surface area contributed by atoms with Crippen LogP contribution in [0.25, 0.3) is 22.6 Å². The third-order valence-electron chi connectivity index (χ3n) is 4.53. The number of aliphatic hydroxyl groups excluding tert-OH is 3. The predicted molar refractivity (Wildman–Crippen MR) is 102 cm³/mol. The Hall–Kier alpha value is -2.51. The van der Waals surface area contributed by atoms with E-state index in [2.05, 4.69) is 14.5 Å². The van der Waals surface area contributed by atoms with E-state index in [0.29, 0.717) is 11.0 Å². The van der Waals surface area contributed by atoms with E-state index in [0.717, 1.165) is 11.1 Å². The summed E-state index contributed by atoms with van der Waals surface area (Å²) >= 11 is 0. The van der Waals surface area contributed by atoms with Crippen LogP contribution in [0.2, 0.25) is 0 Å². The summed E-state index contributed by atoms with van der Waals surface area (Å²) in [5, 5.41) is 30.0. The predicted octanol–water partition coefficient (Wildman–Crippen LogP) is -1.65. The molecule has 0 bridgehead atoms. The molecule has 0 aromatic heterocycles. The molecule has 1 aromatic rings. The minimum Gasteiger partial charge on any atom is -0.388 e. The molecule has 1 aromatic carbocycles. The highest BCUT2D eigenvalue weighted by molar-refractivity contribution is 7.46.